The highest BCUT2D eigenvalue weighted by Crippen LogP contribution is 2.09. The minimum Gasteiger partial charge on any atom is -0.480 e. The number of hydrogen-bond donors (Lipinski definition) is 8. The number of nitrogens with two attached hydrogens (primary N) is 3. The molecule has 1 aromatic heterocycles. The Morgan fingerprint density at radius 2 is 1.56 bits per heavy atom. The van der Waals surface area contributed by atoms with E-state index in [9.17, 15) is 24.3 Å². The molecule has 1 aromatic rings. The van der Waals surface area contributed by atoms with Crippen LogP contribution in [0.1, 0.15) is 46.2 Å². The van der Waals surface area contributed by atoms with Gasteiger partial charge in [-0.25, -0.2) is 9.78 Å². The van der Waals surface area contributed by atoms with Crippen LogP contribution in [0, 0.1) is 11.8 Å². The topological polar surface area (TPSA) is 244 Å². The normalized spacial score (nSPS) is 14.4. The first-order chi connectivity index (χ1) is 16.8. The van der Waals surface area contributed by atoms with Crippen LogP contribution in [0.15, 0.2) is 17.5 Å². The van der Waals surface area contributed by atoms with E-state index < -0.39 is 47.9 Å². The van der Waals surface area contributed by atoms with Crippen molar-refractivity contribution < 1.29 is 24.3 Å². The molecule has 0 spiro atoms. The fraction of sp³-hybridized carbons (Fsp3) is 0.636. The van der Waals surface area contributed by atoms with Gasteiger partial charge in [-0.3, -0.25) is 19.4 Å². The number of guanidine groups is 1. The number of aromatic amines is 1. The molecule has 1 heterocycles. The van der Waals surface area contributed by atoms with E-state index in [1.54, 1.807) is 33.9 Å². The maximum Gasteiger partial charge on any atom is 0.326 e. The Morgan fingerprint density at radius 1 is 1.00 bits per heavy atom. The summed E-state index contributed by atoms with van der Waals surface area (Å²) >= 11 is 0. The molecule has 36 heavy (non-hydrogen) atoms. The highest BCUT2D eigenvalue weighted by Gasteiger charge is 2.33. The molecule has 11 N–H and O–H groups in total. The van der Waals surface area contributed by atoms with Crippen LogP contribution < -0.4 is 33.2 Å². The third-order valence-electron chi connectivity index (χ3n) is 5.39. The van der Waals surface area contributed by atoms with Crippen LogP contribution in [-0.4, -0.2) is 75.4 Å². The van der Waals surface area contributed by atoms with Gasteiger partial charge in [0.05, 0.1) is 12.4 Å². The zero-order chi connectivity index (χ0) is 27.4. The number of imidazole rings is 1. The molecule has 0 aromatic carbocycles. The number of rotatable bonds is 15. The molecular formula is C22H39N9O5. The number of nitrogens with zero attached hydrogens (tertiary/aromatic N) is 2. The van der Waals surface area contributed by atoms with Crippen molar-refractivity contribution in [2.75, 3.05) is 6.54 Å². The lowest BCUT2D eigenvalue weighted by atomic mass is 9.98. The van der Waals surface area contributed by atoms with Gasteiger partial charge < -0.3 is 43.2 Å². The second-order valence-electron chi connectivity index (χ2n) is 9.20. The summed E-state index contributed by atoms with van der Waals surface area (Å²) in [5.41, 5.74) is 17.2. The van der Waals surface area contributed by atoms with E-state index in [1.165, 1.54) is 6.33 Å². The molecule has 0 aliphatic heterocycles. The summed E-state index contributed by atoms with van der Waals surface area (Å²) in [5, 5.41) is 17.2. The standard InChI is InChI=1S/C22H39N9O5/c1-11(2)16(19(33)29-15(21(35)36)6-5-7-27-22(24)25)31-20(34)17(12(3)4)30-18(32)14(23)8-13-9-26-10-28-13/h9-12,14-17H,5-8,23H2,1-4H3,(H,26,28)(H,29,33)(H,30,32)(H,31,34)(H,35,36)(H4,24,25,27). The van der Waals surface area contributed by atoms with Gasteiger partial charge in [0.15, 0.2) is 5.96 Å². The largest absolute Gasteiger partial charge is 0.480 e. The Hall–Kier alpha value is -3.68. The van der Waals surface area contributed by atoms with Crippen molar-refractivity contribution in [3.63, 3.8) is 0 Å². The first-order valence-electron chi connectivity index (χ1n) is 11.8. The van der Waals surface area contributed by atoms with Crippen molar-refractivity contribution in [1.29, 1.82) is 0 Å². The fourth-order valence-electron chi connectivity index (χ4n) is 3.32. The predicted octanol–water partition coefficient (Wildman–Crippen LogP) is -1.82. The van der Waals surface area contributed by atoms with Crippen molar-refractivity contribution >= 4 is 29.7 Å². The third kappa shape index (κ3) is 10.3. The molecule has 4 atom stereocenters. The molecular weight excluding hydrogens is 470 g/mol. The number of hydrogen-bond acceptors (Lipinski definition) is 7. The van der Waals surface area contributed by atoms with Crippen molar-refractivity contribution in [1.82, 2.24) is 25.9 Å². The lowest BCUT2D eigenvalue weighted by Gasteiger charge is -2.28. The Bertz CT molecular complexity index is 898. The minimum atomic E-state index is -1.22. The lowest BCUT2D eigenvalue weighted by Crippen LogP contribution is -2.59. The van der Waals surface area contributed by atoms with E-state index in [4.69, 9.17) is 17.2 Å². The Labute approximate surface area is 210 Å². The first kappa shape index (κ1) is 30.4. The van der Waals surface area contributed by atoms with Gasteiger partial charge in [0, 0.05) is 24.9 Å². The van der Waals surface area contributed by atoms with Gasteiger partial charge in [-0.15, -0.1) is 0 Å². The zero-order valence-corrected chi connectivity index (χ0v) is 21.2. The van der Waals surface area contributed by atoms with Gasteiger partial charge in [0.1, 0.15) is 18.1 Å². The van der Waals surface area contributed by atoms with E-state index in [0.29, 0.717) is 12.1 Å². The molecule has 0 saturated heterocycles. The average Bonchev–Trinajstić information content (AvgIpc) is 3.29. The monoisotopic (exact) mass is 509 g/mol. The molecule has 0 radical (unpaired) electrons. The van der Waals surface area contributed by atoms with Crippen molar-refractivity contribution in [3.05, 3.63) is 18.2 Å². The molecule has 4 unspecified atom stereocenters. The SMILES string of the molecule is CC(C)C(NC(=O)C(N)Cc1cnc[nH]1)C(=O)NC(C(=O)NC(CCCN=C(N)N)C(=O)O)C(C)C. The van der Waals surface area contributed by atoms with Crippen LogP contribution in [0.2, 0.25) is 0 Å². The van der Waals surface area contributed by atoms with E-state index in [0.717, 1.165) is 0 Å². The van der Waals surface area contributed by atoms with Crippen LogP contribution in [0.25, 0.3) is 0 Å². The summed E-state index contributed by atoms with van der Waals surface area (Å²) in [4.78, 5) is 60.7. The summed E-state index contributed by atoms with van der Waals surface area (Å²) in [6.07, 6.45) is 3.65. The molecule has 1 rings (SSSR count). The fourth-order valence-corrected chi connectivity index (χ4v) is 3.32. The van der Waals surface area contributed by atoms with Crippen LogP contribution in [0.3, 0.4) is 0 Å². The molecule has 0 bridgehead atoms. The molecule has 14 heteroatoms. The number of carboxylic acid groups (broad SMARTS) is 1. The lowest BCUT2D eigenvalue weighted by molar-refractivity contribution is -0.142. The van der Waals surface area contributed by atoms with Crippen molar-refractivity contribution in [2.24, 2.45) is 34.0 Å². The van der Waals surface area contributed by atoms with Crippen LogP contribution >= 0.6 is 0 Å². The number of H-pyrrole nitrogens is 1. The number of amides is 3. The summed E-state index contributed by atoms with van der Waals surface area (Å²) in [7, 11) is 0. The quantitative estimate of drug-likeness (QED) is 0.0752. The first-order valence-corrected chi connectivity index (χ1v) is 11.8. The molecule has 202 valence electrons. The number of carboxylic acids is 1. The highest BCUT2D eigenvalue weighted by atomic mass is 16.4. The smallest absolute Gasteiger partial charge is 0.326 e. The molecule has 14 nitrogen and oxygen atoms in total. The summed E-state index contributed by atoms with van der Waals surface area (Å²) in [5.74, 6) is -3.78. The van der Waals surface area contributed by atoms with Gasteiger partial charge in [0.25, 0.3) is 0 Å². The van der Waals surface area contributed by atoms with E-state index in [2.05, 4.69) is 30.9 Å². The number of aliphatic carboxylic acids is 1. The number of aromatic nitrogens is 2. The minimum absolute atomic E-state index is 0.0928. The molecule has 0 saturated carbocycles. The summed E-state index contributed by atoms with van der Waals surface area (Å²) in [6, 6.07) is -4.10. The van der Waals surface area contributed by atoms with Gasteiger partial charge in [-0.2, -0.15) is 0 Å². The Balaban J connectivity index is 2.83. The Kier molecular flexibility index (Phi) is 12.4. The molecule has 3 amide bonds. The average molecular weight is 510 g/mol. The van der Waals surface area contributed by atoms with Crippen molar-refractivity contribution in [3.8, 4) is 0 Å². The molecule has 0 fully saturated rings. The maximum absolute atomic E-state index is 13.1. The van der Waals surface area contributed by atoms with Gasteiger partial charge in [0.2, 0.25) is 17.7 Å². The Morgan fingerprint density at radius 3 is 2.03 bits per heavy atom. The van der Waals surface area contributed by atoms with Gasteiger partial charge in [-0.1, -0.05) is 27.7 Å². The number of carbonyl (C=O) groups excluding carboxylic acids is 3. The van der Waals surface area contributed by atoms with E-state index >= 15 is 0 Å². The maximum atomic E-state index is 13.1. The number of aliphatic imine (C=N–C) groups is 1. The molecule has 0 aliphatic rings. The highest BCUT2D eigenvalue weighted by molar-refractivity contribution is 5.94. The zero-order valence-electron chi connectivity index (χ0n) is 21.2. The molecule has 0 aliphatic carbocycles. The van der Waals surface area contributed by atoms with E-state index in [-0.39, 0.29) is 37.2 Å². The third-order valence-corrected chi connectivity index (χ3v) is 5.39. The number of nitrogens with one attached hydrogen (secondary N) is 4. The summed E-state index contributed by atoms with van der Waals surface area (Å²) in [6.45, 7) is 7.12. The van der Waals surface area contributed by atoms with Gasteiger partial charge in [-0.05, 0) is 24.7 Å². The van der Waals surface area contributed by atoms with Gasteiger partial charge >= 0.3 is 5.97 Å². The van der Waals surface area contributed by atoms with Crippen LogP contribution in [0.4, 0.5) is 0 Å². The van der Waals surface area contributed by atoms with Crippen LogP contribution in [-0.2, 0) is 25.6 Å². The predicted molar refractivity (Wildman–Crippen MR) is 133 cm³/mol. The van der Waals surface area contributed by atoms with E-state index in [1.807, 2.05) is 0 Å². The van der Waals surface area contributed by atoms with Crippen LogP contribution in [0.5, 0.6) is 0 Å². The van der Waals surface area contributed by atoms with Crippen molar-refractivity contribution in [2.45, 2.75) is 71.1 Å². The second kappa shape index (κ2) is 14.7. The second-order valence-corrected chi connectivity index (χ2v) is 9.20. The number of carbonyl (C=O) groups is 4. The summed E-state index contributed by atoms with van der Waals surface area (Å²) < 4.78 is 0.